The lowest BCUT2D eigenvalue weighted by Crippen LogP contribution is -2.51. The van der Waals surface area contributed by atoms with Crippen LogP contribution in [0.2, 0.25) is 0 Å². The molecule has 1 aromatic carbocycles. The third-order valence-corrected chi connectivity index (χ3v) is 3.18. The van der Waals surface area contributed by atoms with Gasteiger partial charge in [0, 0.05) is 7.11 Å². The van der Waals surface area contributed by atoms with Gasteiger partial charge in [-0.1, -0.05) is 19.1 Å². The molecule has 0 aromatic heterocycles. The summed E-state index contributed by atoms with van der Waals surface area (Å²) in [6.45, 7) is 4.44. The van der Waals surface area contributed by atoms with E-state index in [1.807, 2.05) is 31.2 Å². The molecule has 0 radical (unpaired) electrons. The van der Waals surface area contributed by atoms with Crippen LogP contribution in [0.1, 0.15) is 32.3 Å². The van der Waals surface area contributed by atoms with E-state index >= 15 is 0 Å². The predicted molar refractivity (Wildman–Crippen MR) is 86.6 cm³/mol. The van der Waals surface area contributed by atoms with E-state index in [1.165, 1.54) is 7.11 Å². The molecule has 128 valence electrons. The molecule has 0 aliphatic carbocycles. The Morgan fingerprint density at radius 1 is 1.35 bits per heavy atom. The highest BCUT2D eigenvalue weighted by Crippen LogP contribution is 2.15. The maximum Gasteiger partial charge on any atom is 0.305 e. The van der Waals surface area contributed by atoms with E-state index in [9.17, 15) is 9.59 Å². The summed E-state index contributed by atoms with van der Waals surface area (Å²) >= 11 is 0. The number of benzene rings is 1. The van der Waals surface area contributed by atoms with Crippen LogP contribution < -0.4 is 10.1 Å². The molecule has 0 saturated heterocycles. The molecule has 1 amide bonds. The molecule has 0 heterocycles. The minimum atomic E-state index is -0.986. The number of amides is 1. The van der Waals surface area contributed by atoms with Crippen molar-refractivity contribution >= 4 is 11.9 Å². The molecule has 0 aliphatic rings. The number of carboxylic acid groups (broad SMARTS) is 1. The van der Waals surface area contributed by atoms with Crippen molar-refractivity contribution < 1.29 is 24.2 Å². The number of hydrogen-bond acceptors (Lipinski definition) is 4. The van der Waals surface area contributed by atoms with Gasteiger partial charge in [-0.3, -0.25) is 9.59 Å². The molecule has 6 heteroatoms. The Bertz CT molecular complexity index is 531. The summed E-state index contributed by atoms with van der Waals surface area (Å²) < 4.78 is 10.6. The third kappa shape index (κ3) is 7.15. The molecule has 1 rings (SSSR count). The van der Waals surface area contributed by atoms with Crippen molar-refractivity contribution in [3.8, 4) is 5.75 Å². The minimum absolute atomic E-state index is 0.130. The van der Waals surface area contributed by atoms with E-state index < -0.39 is 11.5 Å². The van der Waals surface area contributed by atoms with Crippen LogP contribution in [0.3, 0.4) is 0 Å². The largest absolute Gasteiger partial charge is 0.494 e. The summed E-state index contributed by atoms with van der Waals surface area (Å²) in [6, 6.07) is 7.33. The van der Waals surface area contributed by atoms with Gasteiger partial charge in [-0.15, -0.1) is 0 Å². The van der Waals surface area contributed by atoms with Gasteiger partial charge >= 0.3 is 5.97 Å². The van der Waals surface area contributed by atoms with Gasteiger partial charge in [0.1, 0.15) is 5.75 Å². The van der Waals surface area contributed by atoms with Gasteiger partial charge in [0.05, 0.1) is 31.6 Å². The Kier molecular flexibility index (Phi) is 7.54. The number of rotatable bonds is 10. The lowest BCUT2D eigenvalue weighted by Gasteiger charge is -2.28. The number of methoxy groups -OCH3 is 1. The SMILES string of the molecule is CCCOc1cccc(CC(=O)NC(C)(COC)CC(=O)O)c1. The van der Waals surface area contributed by atoms with Crippen molar-refractivity contribution in [2.45, 2.75) is 38.6 Å². The first-order valence-electron chi connectivity index (χ1n) is 7.62. The molecule has 0 bridgehead atoms. The maximum absolute atomic E-state index is 12.2. The number of carbonyl (C=O) groups excluding carboxylic acids is 1. The standard InChI is InChI=1S/C17H25NO5/c1-4-8-23-14-7-5-6-13(9-14)10-15(19)18-17(2,12-22-3)11-16(20)21/h5-7,9H,4,8,10-12H2,1-3H3,(H,18,19)(H,20,21). The van der Waals surface area contributed by atoms with E-state index in [2.05, 4.69) is 5.32 Å². The fraction of sp³-hybridized carbons (Fsp3) is 0.529. The monoisotopic (exact) mass is 323 g/mol. The Labute approximate surface area is 136 Å². The molecule has 2 N–H and O–H groups in total. The summed E-state index contributed by atoms with van der Waals surface area (Å²) in [5.74, 6) is -0.513. The summed E-state index contributed by atoms with van der Waals surface area (Å²) in [5.41, 5.74) is -0.125. The van der Waals surface area contributed by atoms with Crippen LogP contribution >= 0.6 is 0 Å². The van der Waals surface area contributed by atoms with Crippen molar-refractivity contribution in [3.63, 3.8) is 0 Å². The van der Waals surface area contributed by atoms with Crippen LogP contribution in [0.25, 0.3) is 0 Å². The van der Waals surface area contributed by atoms with E-state index in [1.54, 1.807) is 6.92 Å². The van der Waals surface area contributed by atoms with Gasteiger partial charge in [0.15, 0.2) is 0 Å². The Morgan fingerprint density at radius 2 is 2.09 bits per heavy atom. The van der Waals surface area contributed by atoms with Crippen molar-refractivity contribution in [2.24, 2.45) is 0 Å². The van der Waals surface area contributed by atoms with Crippen molar-refractivity contribution in [3.05, 3.63) is 29.8 Å². The van der Waals surface area contributed by atoms with Gasteiger partial charge < -0.3 is 19.9 Å². The van der Waals surface area contributed by atoms with Crippen LogP contribution in [0, 0.1) is 0 Å². The first-order chi connectivity index (χ1) is 10.9. The summed E-state index contributed by atoms with van der Waals surface area (Å²) in [7, 11) is 1.47. The zero-order valence-corrected chi connectivity index (χ0v) is 13.9. The van der Waals surface area contributed by atoms with Crippen molar-refractivity contribution in [2.75, 3.05) is 20.3 Å². The summed E-state index contributed by atoms with van der Waals surface area (Å²) in [5, 5.41) is 11.7. The topological polar surface area (TPSA) is 84.9 Å². The van der Waals surface area contributed by atoms with E-state index in [-0.39, 0.29) is 25.4 Å². The van der Waals surface area contributed by atoms with Crippen LogP contribution in [0.4, 0.5) is 0 Å². The molecule has 0 aliphatic heterocycles. The number of aliphatic carboxylic acids is 1. The second kappa shape index (κ2) is 9.15. The number of carboxylic acids is 1. The van der Waals surface area contributed by atoms with E-state index in [0.717, 1.165) is 17.7 Å². The molecular formula is C17H25NO5. The fourth-order valence-electron chi connectivity index (χ4n) is 2.31. The van der Waals surface area contributed by atoms with Gasteiger partial charge in [0.25, 0.3) is 0 Å². The first kappa shape index (κ1) is 19.0. The van der Waals surface area contributed by atoms with E-state index in [4.69, 9.17) is 14.6 Å². The predicted octanol–water partition coefficient (Wildman–Crippen LogP) is 2.01. The number of hydrogen-bond donors (Lipinski definition) is 2. The highest BCUT2D eigenvalue weighted by atomic mass is 16.5. The lowest BCUT2D eigenvalue weighted by molar-refractivity contribution is -0.139. The quantitative estimate of drug-likeness (QED) is 0.688. The lowest BCUT2D eigenvalue weighted by atomic mass is 9.98. The Balaban J connectivity index is 2.68. The second-order valence-corrected chi connectivity index (χ2v) is 5.79. The van der Waals surface area contributed by atoms with Gasteiger partial charge in [-0.25, -0.2) is 0 Å². The number of nitrogens with one attached hydrogen (secondary N) is 1. The molecule has 0 saturated carbocycles. The Morgan fingerprint density at radius 3 is 2.70 bits per heavy atom. The average molecular weight is 323 g/mol. The molecule has 1 atom stereocenters. The normalized spacial score (nSPS) is 13.2. The van der Waals surface area contributed by atoms with Crippen LogP contribution in [-0.2, 0) is 20.7 Å². The maximum atomic E-state index is 12.2. The fourth-order valence-corrected chi connectivity index (χ4v) is 2.31. The van der Waals surface area contributed by atoms with Gasteiger partial charge in [-0.2, -0.15) is 0 Å². The van der Waals surface area contributed by atoms with Crippen molar-refractivity contribution in [1.82, 2.24) is 5.32 Å². The molecule has 1 unspecified atom stereocenters. The highest BCUT2D eigenvalue weighted by molar-refractivity contribution is 5.80. The zero-order chi connectivity index (χ0) is 17.3. The average Bonchev–Trinajstić information content (AvgIpc) is 2.44. The number of ether oxygens (including phenoxy) is 2. The van der Waals surface area contributed by atoms with Crippen molar-refractivity contribution in [1.29, 1.82) is 0 Å². The van der Waals surface area contributed by atoms with Crippen LogP contribution in [0.15, 0.2) is 24.3 Å². The zero-order valence-electron chi connectivity index (χ0n) is 13.9. The van der Waals surface area contributed by atoms with Gasteiger partial charge in [-0.05, 0) is 31.0 Å². The smallest absolute Gasteiger partial charge is 0.305 e. The first-order valence-corrected chi connectivity index (χ1v) is 7.62. The Hall–Kier alpha value is -2.08. The molecule has 23 heavy (non-hydrogen) atoms. The minimum Gasteiger partial charge on any atom is -0.494 e. The number of carbonyl (C=O) groups is 2. The van der Waals surface area contributed by atoms with Gasteiger partial charge in [0.2, 0.25) is 5.91 Å². The second-order valence-electron chi connectivity index (χ2n) is 5.79. The molecule has 0 spiro atoms. The highest BCUT2D eigenvalue weighted by Gasteiger charge is 2.29. The molecule has 1 aromatic rings. The van der Waals surface area contributed by atoms with Crippen LogP contribution in [0.5, 0.6) is 5.75 Å². The summed E-state index contributed by atoms with van der Waals surface area (Å²) in [4.78, 5) is 23.2. The molecule has 0 fully saturated rings. The molecule has 6 nitrogen and oxygen atoms in total. The van der Waals surface area contributed by atoms with E-state index in [0.29, 0.717) is 6.61 Å². The third-order valence-electron chi connectivity index (χ3n) is 3.18. The molecular weight excluding hydrogens is 298 g/mol. The summed E-state index contributed by atoms with van der Waals surface area (Å²) in [6.07, 6.45) is 0.865. The van der Waals surface area contributed by atoms with Crippen LogP contribution in [-0.4, -0.2) is 42.8 Å².